The van der Waals surface area contributed by atoms with Crippen molar-refractivity contribution in [2.75, 3.05) is 19.0 Å². The molecule has 3 aromatic rings. The Hall–Kier alpha value is -5.05. The highest BCUT2D eigenvalue weighted by molar-refractivity contribution is 6.36. The number of methoxy groups -OCH3 is 1. The normalized spacial score (nSPS) is 27.0. The first-order valence-corrected chi connectivity index (χ1v) is 19.4. The number of nitrogens with one attached hydrogen (secondary N) is 3. The zero-order valence-electron chi connectivity index (χ0n) is 32.4. The van der Waals surface area contributed by atoms with Gasteiger partial charge in [0, 0.05) is 29.8 Å². The predicted octanol–water partition coefficient (Wildman–Crippen LogP) is 5.81. The van der Waals surface area contributed by atoms with Crippen molar-refractivity contribution in [3.8, 4) is 22.9 Å². The van der Waals surface area contributed by atoms with Gasteiger partial charge in [0.25, 0.3) is 6.01 Å². The number of carboxylic acids is 1. The molecule has 4 N–H and O–H groups in total. The van der Waals surface area contributed by atoms with Gasteiger partial charge in [-0.3, -0.25) is 9.59 Å². The van der Waals surface area contributed by atoms with E-state index in [0.717, 1.165) is 19.3 Å². The monoisotopic (exact) mass is 792 g/mol. The van der Waals surface area contributed by atoms with E-state index in [4.69, 9.17) is 35.2 Å². The van der Waals surface area contributed by atoms with Crippen molar-refractivity contribution >= 4 is 52.4 Å². The molecule has 0 unspecified atom stereocenters. The molecule has 2 aromatic heterocycles. The van der Waals surface area contributed by atoms with Gasteiger partial charge >= 0.3 is 12.1 Å². The third-order valence-corrected chi connectivity index (χ3v) is 11.6. The Balaban J connectivity index is 1.20. The summed E-state index contributed by atoms with van der Waals surface area (Å²) < 4.78 is 23.5. The number of likely N-dealkylation sites (tertiary alicyclic amines) is 1. The topological polar surface area (TPSA) is 194 Å². The maximum Gasteiger partial charge on any atom is 0.408 e. The number of hydrogen-bond donors (Lipinski definition) is 4. The molecule has 8 atom stereocenters. The number of oxazole rings is 1. The summed E-state index contributed by atoms with van der Waals surface area (Å²) in [4.78, 5) is 65.1. The first kappa shape index (κ1) is 39.2. The standard InChI is InChI=1S/C40H49ClN6O9/c1-8-22-16-40(22,36(50)51)46-34(48)28-14-24(17-47(28)35(49)33(39(4,5)6)45-38(52)56-23-12-20-11-21(20)13-23)55-30-15-26(27-18-54-37(44-27)42-19(2)3)43-32-25(30)9-10-29(53-7)31(32)41/h8-10,15,18-24,28,33H,1,11-14,16-17H2,2-7H3,(H,42,44)(H,45,52)(H,46,48)(H,50,51)/t20-,21+,22-,23+,24-,28+,33-,40-/m1/s1. The van der Waals surface area contributed by atoms with E-state index in [1.165, 1.54) is 24.3 Å². The van der Waals surface area contributed by atoms with Crippen LogP contribution in [0.15, 0.2) is 41.5 Å². The number of carboxylic acid groups (broad SMARTS) is 1. The van der Waals surface area contributed by atoms with Crippen LogP contribution < -0.4 is 25.4 Å². The van der Waals surface area contributed by atoms with Crippen molar-refractivity contribution in [2.45, 2.75) is 103 Å². The second-order valence-electron chi connectivity index (χ2n) is 16.8. The van der Waals surface area contributed by atoms with E-state index in [1.807, 2.05) is 34.6 Å². The number of aliphatic carboxylic acids is 1. The molecule has 7 rings (SSSR count). The van der Waals surface area contributed by atoms with Crippen molar-refractivity contribution < 1.29 is 42.9 Å². The highest BCUT2D eigenvalue weighted by Gasteiger charge is 2.61. The molecule has 16 heteroatoms. The third-order valence-electron chi connectivity index (χ3n) is 11.3. The molecular formula is C40H49ClN6O9. The van der Waals surface area contributed by atoms with E-state index >= 15 is 0 Å². The van der Waals surface area contributed by atoms with Crippen molar-refractivity contribution in [1.29, 1.82) is 0 Å². The van der Waals surface area contributed by atoms with Crippen LogP contribution in [0.2, 0.25) is 5.02 Å². The Bertz CT molecular complexity index is 2050. The first-order chi connectivity index (χ1) is 26.5. The number of carbonyl (C=O) groups excluding carboxylic acids is 3. The zero-order chi connectivity index (χ0) is 40.3. The zero-order valence-corrected chi connectivity index (χ0v) is 33.1. The first-order valence-electron chi connectivity index (χ1n) is 19.0. The molecule has 300 valence electrons. The Morgan fingerprint density at radius 3 is 2.43 bits per heavy atom. The van der Waals surface area contributed by atoms with Crippen LogP contribution in [0.5, 0.6) is 11.5 Å². The van der Waals surface area contributed by atoms with E-state index < -0.39 is 58.9 Å². The summed E-state index contributed by atoms with van der Waals surface area (Å²) in [6.07, 6.45) is 4.26. The summed E-state index contributed by atoms with van der Waals surface area (Å²) in [6.45, 7) is 13.0. The number of fused-ring (bicyclic) bond motifs is 2. The number of alkyl carbamates (subject to hydrolysis) is 1. The van der Waals surface area contributed by atoms with Gasteiger partial charge in [0.15, 0.2) is 0 Å². The number of halogens is 1. The maximum absolute atomic E-state index is 14.6. The van der Waals surface area contributed by atoms with Gasteiger partial charge in [-0.2, -0.15) is 4.98 Å². The lowest BCUT2D eigenvalue weighted by Crippen LogP contribution is -2.59. The molecule has 4 fully saturated rings. The minimum absolute atomic E-state index is 0.00758. The molecular weight excluding hydrogens is 744 g/mol. The maximum atomic E-state index is 14.6. The SMILES string of the molecule is C=C[C@@H]1C[C@]1(NC(=O)[C@@H]1C[C@@H](Oc2cc(-c3coc(NC(C)C)n3)nc3c(Cl)c(OC)ccc23)CN1C(=O)[C@@H](NC(=O)O[C@@H]1C[C@@H]2C[C@@H]2C1)C(C)(C)C)C(=O)O. The van der Waals surface area contributed by atoms with Crippen molar-refractivity contribution in [2.24, 2.45) is 23.2 Å². The van der Waals surface area contributed by atoms with Crippen LogP contribution in [0.3, 0.4) is 0 Å². The van der Waals surface area contributed by atoms with Gasteiger partial charge in [-0.15, -0.1) is 6.58 Å². The average Bonchev–Trinajstić information content (AvgIpc) is 3.80. The van der Waals surface area contributed by atoms with Gasteiger partial charge in [-0.05, 0) is 68.9 Å². The smallest absolute Gasteiger partial charge is 0.408 e. The van der Waals surface area contributed by atoms with Crippen molar-refractivity contribution in [1.82, 2.24) is 25.5 Å². The molecule has 15 nitrogen and oxygen atoms in total. The summed E-state index contributed by atoms with van der Waals surface area (Å²) in [5.41, 5.74) is -1.19. The second-order valence-corrected chi connectivity index (χ2v) is 17.2. The Kier molecular flexibility index (Phi) is 10.4. The minimum atomic E-state index is -1.53. The number of ether oxygens (including phenoxy) is 3. The van der Waals surface area contributed by atoms with Crippen molar-refractivity contribution in [3.63, 3.8) is 0 Å². The van der Waals surface area contributed by atoms with E-state index in [9.17, 15) is 24.3 Å². The second kappa shape index (κ2) is 14.8. The minimum Gasteiger partial charge on any atom is -0.495 e. The molecule has 3 amide bonds. The van der Waals surface area contributed by atoms with Gasteiger partial charge in [-0.1, -0.05) is 38.4 Å². The lowest BCUT2D eigenvalue weighted by Gasteiger charge is -2.35. The van der Waals surface area contributed by atoms with Crippen LogP contribution in [-0.4, -0.2) is 93.4 Å². The Morgan fingerprint density at radius 1 is 1.07 bits per heavy atom. The van der Waals surface area contributed by atoms with E-state index in [0.29, 0.717) is 51.6 Å². The quantitative estimate of drug-likeness (QED) is 0.152. The summed E-state index contributed by atoms with van der Waals surface area (Å²) in [5, 5.41) is 19.5. The number of anilines is 1. The largest absolute Gasteiger partial charge is 0.495 e. The van der Waals surface area contributed by atoms with Gasteiger partial charge in [0.2, 0.25) is 11.8 Å². The summed E-state index contributed by atoms with van der Waals surface area (Å²) in [5.74, 6) is -0.932. The number of carbonyl (C=O) groups is 4. The molecule has 1 aliphatic heterocycles. The molecule has 3 aliphatic carbocycles. The van der Waals surface area contributed by atoms with E-state index in [2.05, 4.69) is 27.5 Å². The number of aromatic nitrogens is 2. The van der Waals surface area contributed by atoms with Crippen LogP contribution in [0.4, 0.5) is 10.8 Å². The molecule has 1 saturated heterocycles. The number of rotatable bonds is 13. The number of pyridine rings is 1. The van der Waals surface area contributed by atoms with Crippen LogP contribution in [-0.2, 0) is 19.1 Å². The third kappa shape index (κ3) is 7.69. The van der Waals surface area contributed by atoms with Gasteiger partial charge in [0.05, 0.1) is 24.9 Å². The summed E-state index contributed by atoms with van der Waals surface area (Å²) in [7, 11) is 1.49. The van der Waals surface area contributed by atoms with Gasteiger partial charge in [-0.25, -0.2) is 14.6 Å². The number of amides is 3. The lowest BCUT2D eigenvalue weighted by molar-refractivity contribution is -0.146. The average molecular weight is 793 g/mol. The van der Waals surface area contributed by atoms with Gasteiger partial charge in [0.1, 0.15) is 58.3 Å². The van der Waals surface area contributed by atoms with Crippen LogP contribution in [0.25, 0.3) is 22.3 Å². The Labute approximate surface area is 329 Å². The van der Waals surface area contributed by atoms with E-state index in [-0.39, 0.29) is 36.6 Å². The van der Waals surface area contributed by atoms with Crippen LogP contribution >= 0.6 is 11.6 Å². The molecule has 4 aliphatic rings. The molecule has 0 radical (unpaired) electrons. The molecule has 0 bridgehead atoms. The number of benzene rings is 1. The molecule has 3 saturated carbocycles. The summed E-state index contributed by atoms with van der Waals surface area (Å²) in [6, 6.07) is 3.25. The fourth-order valence-corrected chi connectivity index (χ4v) is 8.33. The predicted molar refractivity (Wildman–Crippen MR) is 206 cm³/mol. The van der Waals surface area contributed by atoms with Crippen LogP contribution in [0, 0.1) is 23.2 Å². The molecule has 0 spiro atoms. The fourth-order valence-electron chi connectivity index (χ4n) is 8.05. The Morgan fingerprint density at radius 2 is 1.80 bits per heavy atom. The highest BCUT2D eigenvalue weighted by Crippen LogP contribution is 2.52. The van der Waals surface area contributed by atoms with Crippen LogP contribution in [0.1, 0.15) is 66.7 Å². The van der Waals surface area contributed by atoms with Crippen molar-refractivity contribution in [3.05, 3.63) is 42.1 Å². The fraction of sp³-hybridized carbons (Fsp3) is 0.550. The highest BCUT2D eigenvalue weighted by atomic mass is 35.5. The molecule has 3 heterocycles. The van der Waals surface area contributed by atoms with E-state index in [1.54, 1.807) is 18.2 Å². The summed E-state index contributed by atoms with van der Waals surface area (Å²) >= 11 is 6.79. The number of nitrogens with zero attached hydrogens (tertiary/aromatic N) is 3. The number of hydrogen-bond acceptors (Lipinski definition) is 11. The molecule has 56 heavy (non-hydrogen) atoms. The molecule has 1 aromatic carbocycles. The lowest BCUT2D eigenvalue weighted by atomic mass is 9.85. The van der Waals surface area contributed by atoms with Gasteiger partial charge < -0.3 is 44.6 Å².